The molecule has 0 atom stereocenters. The monoisotopic (exact) mass is 252 g/mol. The van der Waals surface area contributed by atoms with Crippen LogP contribution in [0.4, 0.5) is 18.9 Å². The normalized spacial score (nSPS) is 11.6. The number of H-pyrrole nitrogens is 1. The molecule has 0 aliphatic carbocycles. The highest BCUT2D eigenvalue weighted by Gasteiger charge is 2.27. The molecule has 0 unspecified atom stereocenters. The molecule has 6 nitrogen and oxygen atoms in total. The molecule has 0 aromatic carbocycles. The average molecular weight is 252 g/mol. The van der Waals surface area contributed by atoms with Crippen LogP contribution in [-0.2, 0) is 13.6 Å². The molecule has 1 aromatic rings. The Morgan fingerprint density at radius 1 is 1.41 bits per heavy atom. The minimum Gasteiger partial charge on any atom is -0.370 e. The maximum Gasteiger partial charge on any atom is 0.405 e. The Balaban J connectivity index is 3.19. The van der Waals surface area contributed by atoms with Gasteiger partial charge in [-0.2, -0.15) is 13.2 Å². The van der Waals surface area contributed by atoms with Crippen molar-refractivity contribution in [1.82, 2.24) is 9.55 Å². The van der Waals surface area contributed by atoms with Crippen molar-refractivity contribution < 1.29 is 13.2 Å². The smallest absolute Gasteiger partial charge is 0.370 e. The molecular weight excluding hydrogens is 241 g/mol. The molecule has 9 heteroatoms. The van der Waals surface area contributed by atoms with E-state index in [0.29, 0.717) is 0 Å². The zero-order valence-electron chi connectivity index (χ0n) is 8.89. The Morgan fingerprint density at radius 3 is 2.47 bits per heavy atom. The molecule has 1 aromatic heterocycles. The summed E-state index contributed by atoms with van der Waals surface area (Å²) in [5, 5.41) is 1.93. The number of nitrogens with one attached hydrogen (secondary N) is 2. The number of nitrogens with two attached hydrogens (primary N) is 1. The Labute approximate surface area is 93.2 Å². The van der Waals surface area contributed by atoms with Gasteiger partial charge in [-0.3, -0.25) is 14.3 Å². The Bertz CT molecular complexity index is 517. The van der Waals surface area contributed by atoms with Gasteiger partial charge in [-0.05, 0) is 0 Å². The molecule has 0 saturated carbocycles. The topological polar surface area (TPSA) is 92.9 Å². The van der Waals surface area contributed by atoms with Gasteiger partial charge in [0.1, 0.15) is 12.2 Å². The maximum absolute atomic E-state index is 12.0. The number of nitrogens with zero attached hydrogens (tertiary/aromatic N) is 1. The third kappa shape index (κ3) is 3.09. The number of alkyl halides is 3. The van der Waals surface area contributed by atoms with Crippen molar-refractivity contribution in [2.75, 3.05) is 11.9 Å². The third-order valence-corrected chi connectivity index (χ3v) is 2.10. The van der Waals surface area contributed by atoms with Crippen LogP contribution in [0, 0.1) is 0 Å². The molecular formula is C8H11F3N4O2. The number of rotatable bonds is 3. The standard InChI is InChI=1S/C8H11F3N4O2/c1-15-4(2-12)5(6(16)14-7(15)17)13-3-8(9,10)11/h13H,2-3,12H2,1H3,(H,14,16,17). The Kier molecular flexibility index (Phi) is 3.61. The minimum atomic E-state index is -4.47. The van der Waals surface area contributed by atoms with E-state index in [0.717, 1.165) is 4.57 Å². The summed E-state index contributed by atoms with van der Waals surface area (Å²) in [6.45, 7) is -1.60. The second-order valence-corrected chi connectivity index (χ2v) is 3.31. The van der Waals surface area contributed by atoms with Crippen LogP contribution < -0.4 is 22.3 Å². The lowest BCUT2D eigenvalue weighted by Crippen LogP contribution is -2.36. The van der Waals surface area contributed by atoms with Gasteiger partial charge in [-0.25, -0.2) is 4.79 Å². The van der Waals surface area contributed by atoms with E-state index in [2.05, 4.69) is 0 Å². The SMILES string of the molecule is Cn1c(CN)c(NCC(F)(F)F)c(=O)[nH]c1=O. The van der Waals surface area contributed by atoms with E-state index in [1.54, 1.807) is 0 Å². The first-order valence-corrected chi connectivity index (χ1v) is 4.59. The highest BCUT2D eigenvalue weighted by Crippen LogP contribution is 2.15. The summed E-state index contributed by atoms with van der Waals surface area (Å²) in [4.78, 5) is 24.4. The summed E-state index contributed by atoms with van der Waals surface area (Å²) < 4.78 is 37.0. The van der Waals surface area contributed by atoms with E-state index < -0.39 is 24.0 Å². The molecule has 1 heterocycles. The first-order chi connectivity index (χ1) is 7.76. The van der Waals surface area contributed by atoms with Crippen LogP contribution in [-0.4, -0.2) is 22.3 Å². The molecule has 0 spiro atoms. The van der Waals surface area contributed by atoms with Gasteiger partial charge in [0, 0.05) is 13.6 Å². The molecule has 0 saturated heterocycles. The van der Waals surface area contributed by atoms with E-state index in [1.807, 2.05) is 10.3 Å². The van der Waals surface area contributed by atoms with Crippen LogP contribution in [0.1, 0.15) is 5.69 Å². The highest BCUT2D eigenvalue weighted by atomic mass is 19.4. The van der Waals surface area contributed by atoms with E-state index in [9.17, 15) is 22.8 Å². The fourth-order valence-corrected chi connectivity index (χ4v) is 1.27. The number of aromatic nitrogens is 2. The zero-order valence-corrected chi connectivity index (χ0v) is 8.89. The van der Waals surface area contributed by atoms with Gasteiger partial charge in [-0.1, -0.05) is 0 Å². The van der Waals surface area contributed by atoms with Crippen molar-refractivity contribution in [3.8, 4) is 0 Å². The van der Waals surface area contributed by atoms with Crippen molar-refractivity contribution in [2.45, 2.75) is 12.7 Å². The van der Waals surface area contributed by atoms with E-state index in [-0.39, 0.29) is 17.9 Å². The second-order valence-electron chi connectivity index (χ2n) is 3.31. The average Bonchev–Trinajstić information content (AvgIpc) is 2.20. The van der Waals surface area contributed by atoms with E-state index >= 15 is 0 Å². The summed E-state index contributed by atoms with van der Waals surface area (Å²) in [5.41, 5.74) is 3.32. The van der Waals surface area contributed by atoms with Crippen molar-refractivity contribution >= 4 is 5.69 Å². The Morgan fingerprint density at radius 2 is 2.00 bits per heavy atom. The molecule has 0 aliphatic rings. The van der Waals surface area contributed by atoms with Crippen LogP contribution in [0.2, 0.25) is 0 Å². The predicted octanol–water partition coefficient (Wildman–Crippen LogP) is -0.494. The summed E-state index contributed by atoms with van der Waals surface area (Å²) >= 11 is 0. The molecule has 0 amide bonds. The van der Waals surface area contributed by atoms with Crippen LogP contribution in [0.25, 0.3) is 0 Å². The van der Waals surface area contributed by atoms with Crippen molar-refractivity contribution in [3.63, 3.8) is 0 Å². The van der Waals surface area contributed by atoms with Gasteiger partial charge in [-0.15, -0.1) is 0 Å². The van der Waals surface area contributed by atoms with E-state index in [1.165, 1.54) is 7.05 Å². The molecule has 96 valence electrons. The zero-order chi connectivity index (χ0) is 13.2. The van der Waals surface area contributed by atoms with Gasteiger partial charge < -0.3 is 11.1 Å². The quantitative estimate of drug-likeness (QED) is 0.676. The Hall–Kier alpha value is -1.77. The third-order valence-electron chi connectivity index (χ3n) is 2.10. The summed E-state index contributed by atoms with van der Waals surface area (Å²) in [6, 6.07) is 0. The van der Waals surface area contributed by atoms with Crippen molar-refractivity contribution in [2.24, 2.45) is 12.8 Å². The summed E-state index contributed by atoms with van der Waals surface area (Å²) in [6.07, 6.45) is -4.47. The number of hydrogen-bond donors (Lipinski definition) is 3. The lowest BCUT2D eigenvalue weighted by molar-refractivity contribution is -0.115. The largest absolute Gasteiger partial charge is 0.405 e. The van der Waals surface area contributed by atoms with Crippen molar-refractivity contribution in [1.29, 1.82) is 0 Å². The van der Waals surface area contributed by atoms with Crippen molar-refractivity contribution in [3.05, 3.63) is 26.5 Å². The molecule has 17 heavy (non-hydrogen) atoms. The molecule has 0 bridgehead atoms. The predicted molar refractivity (Wildman–Crippen MR) is 54.7 cm³/mol. The maximum atomic E-state index is 12.0. The molecule has 1 rings (SSSR count). The van der Waals surface area contributed by atoms with Gasteiger partial charge in [0.2, 0.25) is 0 Å². The lowest BCUT2D eigenvalue weighted by atomic mass is 10.3. The summed E-state index contributed by atoms with van der Waals surface area (Å²) in [5.74, 6) is 0. The highest BCUT2D eigenvalue weighted by molar-refractivity contribution is 5.46. The number of hydrogen-bond acceptors (Lipinski definition) is 4. The first-order valence-electron chi connectivity index (χ1n) is 4.59. The lowest BCUT2D eigenvalue weighted by Gasteiger charge is -2.14. The summed E-state index contributed by atoms with van der Waals surface area (Å²) in [7, 11) is 1.30. The number of anilines is 1. The van der Waals surface area contributed by atoms with Gasteiger partial charge in [0.25, 0.3) is 5.56 Å². The van der Waals surface area contributed by atoms with Gasteiger partial charge in [0.15, 0.2) is 0 Å². The molecule has 0 fully saturated rings. The fraction of sp³-hybridized carbons (Fsp3) is 0.500. The van der Waals surface area contributed by atoms with Gasteiger partial charge >= 0.3 is 11.9 Å². The second kappa shape index (κ2) is 4.62. The fourth-order valence-electron chi connectivity index (χ4n) is 1.27. The first kappa shape index (κ1) is 13.3. The number of aromatic amines is 1. The van der Waals surface area contributed by atoms with Crippen LogP contribution in [0.5, 0.6) is 0 Å². The van der Waals surface area contributed by atoms with Crippen LogP contribution in [0.15, 0.2) is 9.59 Å². The van der Waals surface area contributed by atoms with Gasteiger partial charge in [0.05, 0.1) is 5.69 Å². The van der Waals surface area contributed by atoms with Crippen LogP contribution >= 0.6 is 0 Å². The number of halogens is 3. The molecule has 4 N–H and O–H groups in total. The van der Waals surface area contributed by atoms with E-state index in [4.69, 9.17) is 5.73 Å². The van der Waals surface area contributed by atoms with Crippen LogP contribution in [0.3, 0.4) is 0 Å². The minimum absolute atomic E-state index is 0.0167. The molecule has 0 aliphatic heterocycles. The molecule has 0 radical (unpaired) electrons.